The van der Waals surface area contributed by atoms with E-state index in [1.165, 1.54) is 83.5 Å². The minimum atomic E-state index is -5.01. The number of hydrogen-bond acceptors (Lipinski definition) is 15. The molecule has 0 aliphatic rings. The predicted molar refractivity (Wildman–Crippen MR) is 445 cm³/mol. The zero-order chi connectivity index (χ0) is 78.9. The normalized spacial score (nSPS) is 14.6. The van der Waals surface area contributed by atoms with Crippen molar-refractivity contribution in [1.29, 1.82) is 0 Å². The number of phosphoric ester groups is 2. The largest absolute Gasteiger partial charge is 0.472 e. The van der Waals surface area contributed by atoms with Gasteiger partial charge in [-0.1, -0.05) is 321 Å². The van der Waals surface area contributed by atoms with E-state index < -0.39 is 97.5 Å². The fraction of sp³-hybridized carbons (Fsp3) is 0.663. The molecule has 19 heteroatoms. The molecule has 0 bridgehead atoms. The van der Waals surface area contributed by atoms with Crippen molar-refractivity contribution in [3.8, 4) is 0 Å². The predicted octanol–water partition coefficient (Wildman–Crippen LogP) is 24.8. The smallest absolute Gasteiger partial charge is 0.462 e. The molecule has 0 fully saturated rings. The maximum absolute atomic E-state index is 13.1. The third-order valence-corrected chi connectivity index (χ3v) is 18.9. The lowest BCUT2D eigenvalue weighted by Gasteiger charge is -2.21. The lowest BCUT2D eigenvalue weighted by Crippen LogP contribution is -2.30. The summed E-state index contributed by atoms with van der Waals surface area (Å²) in [5.41, 5.74) is 0. The molecule has 0 aliphatic carbocycles. The zero-order valence-corrected chi connectivity index (χ0v) is 69.3. The maximum Gasteiger partial charge on any atom is 0.472 e. The van der Waals surface area contributed by atoms with Gasteiger partial charge in [-0.3, -0.25) is 37.3 Å². The molecule has 0 aromatic heterocycles. The van der Waals surface area contributed by atoms with E-state index in [2.05, 4.69) is 161 Å². The van der Waals surface area contributed by atoms with Gasteiger partial charge in [0.2, 0.25) is 0 Å². The molecule has 0 aliphatic heterocycles. The Bertz CT molecular complexity index is 2660. The summed E-state index contributed by atoms with van der Waals surface area (Å²) in [6.07, 6.45) is 93.8. The summed E-state index contributed by atoms with van der Waals surface area (Å²) in [4.78, 5) is 73.1. The first-order chi connectivity index (χ1) is 52.7. The number of carbonyl (C=O) groups excluding carboxylic acids is 4. The van der Waals surface area contributed by atoms with Gasteiger partial charge in [0, 0.05) is 19.3 Å². The Balaban J connectivity index is 5.48. The zero-order valence-electron chi connectivity index (χ0n) is 67.5. The Morgan fingerprint density at radius 1 is 0.278 bits per heavy atom. The van der Waals surface area contributed by atoms with Crippen LogP contribution in [-0.4, -0.2) is 96.7 Å². The van der Waals surface area contributed by atoms with Crippen LogP contribution in [0.2, 0.25) is 0 Å². The van der Waals surface area contributed by atoms with Crippen molar-refractivity contribution in [2.45, 2.75) is 341 Å². The van der Waals surface area contributed by atoms with Crippen molar-refractivity contribution >= 4 is 39.5 Å². The van der Waals surface area contributed by atoms with Gasteiger partial charge in [-0.2, -0.15) is 0 Å². The number of ether oxygens (including phenoxy) is 4. The minimum absolute atomic E-state index is 0.0659. The average Bonchev–Trinajstić information content (AvgIpc) is 0.896. The Labute approximate surface area is 655 Å². The summed E-state index contributed by atoms with van der Waals surface area (Å²) in [6.45, 7) is 4.48. The van der Waals surface area contributed by atoms with Crippen molar-refractivity contribution in [3.05, 3.63) is 158 Å². The molecule has 3 N–H and O–H groups in total. The first-order valence-corrected chi connectivity index (χ1v) is 44.7. The Morgan fingerprint density at radius 3 is 0.852 bits per heavy atom. The molecule has 0 radical (unpaired) electrons. The number of hydrogen-bond donors (Lipinski definition) is 3. The molecular formula is C89H148O17P2. The molecule has 0 aromatic rings. The van der Waals surface area contributed by atoms with E-state index in [-0.39, 0.29) is 25.7 Å². The second kappa shape index (κ2) is 79.8. The van der Waals surface area contributed by atoms with E-state index in [4.69, 9.17) is 37.0 Å². The fourth-order valence-corrected chi connectivity index (χ4v) is 12.3. The van der Waals surface area contributed by atoms with Gasteiger partial charge in [0.25, 0.3) is 0 Å². The van der Waals surface area contributed by atoms with Crippen LogP contribution in [0.25, 0.3) is 0 Å². The highest BCUT2D eigenvalue weighted by molar-refractivity contribution is 7.47. The number of unbranched alkanes of at least 4 members (excludes halogenated alkanes) is 26. The van der Waals surface area contributed by atoms with Gasteiger partial charge in [0.1, 0.15) is 19.3 Å². The molecule has 616 valence electrons. The first-order valence-electron chi connectivity index (χ1n) is 41.7. The summed E-state index contributed by atoms with van der Waals surface area (Å²) < 4.78 is 68.6. The van der Waals surface area contributed by atoms with Crippen molar-refractivity contribution < 1.29 is 80.2 Å². The van der Waals surface area contributed by atoms with Crippen molar-refractivity contribution in [3.63, 3.8) is 0 Å². The summed E-state index contributed by atoms with van der Waals surface area (Å²) in [5.74, 6) is -2.37. The standard InChI is InChI=1S/C89H148O17P2/c1-5-9-13-17-21-25-29-33-37-39-41-43-47-50-54-58-62-66-70-74-87(92)100-80-85(106-89(94)76-72-68-64-60-56-52-48-44-42-40-38-34-30-26-22-18-14-10-6-2)82-104-108(97,98)102-78-83(90)77-101-107(95,96)103-81-84(105-88(93)75-71-67-63-59-55-51-46-36-32-28-24-20-16-12-8-4)79-99-86(91)73-69-65-61-57-53-49-45-35-31-27-23-19-15-11-7-3/h9,11,13,15,21-23,25-27,33-35,37-38,41-45,50,53-54,57,65,69,83-85,90H,5-8,10,12,14,16-20,24,28-32,36,39-40,46-49,51-52,55-56,58-64,66-68,70-82H2,1-4H3,(H,95,96)(H,97,98)/b13-9-,15-11-,25-21-,26-22-,27-23-,37-33-,38-34-,43-41-,44-42-,45-35-,54-50-,57-53-,69-65-. The van der Waals surface area contributed by atoms with Crippen LogP contribution in [0.3, 0.4) is 0 Å². The molecule has 0 heterocycles. The second-order valence-corrected chi connectivity index (χ2v) is 30.2. The topological polar surface area (TPSA) is 237 Å². The Kier molecular flexibility index (Phi) is 75.8. The third kappa shape index (κ3) is 78.8. The van der Waals surface area contributed by atoms with Crippen LogP contribution in [-0.2, 0) is 65.4 Å². The van der Waals surface area contributed by atoms with Crippen LogP contribution >= 0.6 is 15.6 Å². The molecule has 0 amide bonds. The van der Waals surface area contributed by atoms with Crippen LogP contribution in [0, 0.1) is 0 Å². The van der Waals surface area contributed by atoms with E-state index >= 15 is 0 Å². The van der Waals surface area contributed by atoms with Gasteiger partial charge in [-0.25, -0.2) is 9.13 Å². The molecule has 17 nitrogen and oxygen atoms in total. The fourth-order valence-electron chi connectivity index (χ4n) is 10.7. The van der Waals surface area contributed by atoms with Gasteiger partial charge in [0.15, 0.2) is 12.2 Å². The van der Waals surface area contributed by atoms with Crippen LogP contribution in [0.15, 0.2) is 158 Å². The second-order valence-electron chi connectivity index (χ2n) is 27.3. The Hall–Kier alpha value is -5.32. The SMILES string of the molecule is CC/C=C\C/C=C\C/C=C\C/C=C\C/C=C\CCCCCC(=O)OCC(COP(=O)(O)OCC(O)COP(=O)(O)OCC(COC(=O)C/C=C\C/C=C\C/C=C\C/C=C\C/C=C\CC)OC(=O)CCCCCCCCCCCCCCCCC)OC(=O)CCCCCCCC/C=C\C/C=C\C/C=C\CCCCC. The van der Waals surface area contributed by atoms with Gasteiger partial charge in [0.05, 0.1) is 32.8 Å². The summed E-state index contributed by atoms with van der Waals surface area (Å²) in [7, 11) is -10.0. The number of carbonyl (C=O) groups is 4. The average molecular weight is 1550 g/mol. The molecule has 0 spiro atoms. The van der Waals surface area contributed by atoms with E-state index in [9.17, 15) is 43.2 Å². The van der Waals surface area contributed by atoms with Crippen molar-refractivity contribution in [2.24, 2.45) is 0 Å². The monoisotopic (exact) mass is 1550 g/mol. The van der Waals surface area contributed by atoms with Gasteiger partial charge in [-0.15, -0.1) is 0 Å². The van der Waals surface area contributed by atoms with Crippen LogP contribution < -0.4 is 0 Å². The van der Waals surface area contributed by atoms with Crippen molar-refractivity contribution in [1.82, 2.24) is 0 Å². The molecule has 5 atom stereocenters. The first kappa shape index (κ1) is 103. The Morgan fingerprint density at radius 2 is 0.519 bits per heavy atom. The summed E-state index contributed by atoms with van der Waals surface area (Å²) in [5, 5.41) is 10.7. The highest BCUT2D eigenvalue weighted by Crippen LogP contribution is 2.45. The molecular weight excluding hydrogens is 1400 g/mol. The van der Waals surface area contributed by atoms with Crippen molar-refractivity contribution in [2.75, 3.05) is 39.6 Å². The lowest BCUT2D eigenvalue weighted by atomic mass is 10.0. The summed E-state index contributed by atoms with van der Waals surface area (Å²) in [6, 6.07) is 0. The minimum Gasteiger partial charge on any atom is -0.462 e. The number of rotatable bonds is 77. The van der Waals surface area contributed by atoms with E-state index in [1.807, 2.05) is 18.2 Å². The summed E-state index contributed by atoms with van der Waals surface area (Å²) >= 11 is 0. The number of esters is 4. The van der Waals surface area contributed by atoms with E-state index in [0.717, 1.165) is 161 Å². The van der Waals surface area contributed by atoms with Gasteiger partial charge >= 0.3 is 39.5 Å². The number of allylic oxidation sites excluding steroid dienone is 25. The number of phosphoric acid groups is 2. The van der Waals surface area contributed by atoms with Gasteiger partial charge < -0.3 is 33.8 Å². The molecule has 5 unspecified atom stereocenters. The van der Waals surface area contributed by atoms with E-state index in [1.54, 1.807) is 6.08 Å². The van der Waals surface area contributed by atoms with Crippen LogP contribution in [0.1, 0.15) is 323 Å². The highest BCUT2D eigenvalue weighted by Gasteiger charge is 2.30. The molecule has 0 rings (SSSR count). The third-order valence-electron chi connectivity index (χ3n) is 17.0. The highest BCUT2D eigenvalue weighted by atomic mass is 31.2. The lowest BCUT2D eigenvalue weighted by molar-refractivity contribution is -0.161. The molecule has 0 saturated heterocycles. The van der Waals surface area contributed by atoms with Gasteiger partial charge in [-0.05, 0) is 135 Å². The molecule has 0 saturated carbocycles. The van der Waals surface area contributed by atoms with Crippen LogP contribution in [0.4, 0.5) is 0 Å². The van der Waals surface area contributed by atoms with E-state index in [0.29, 0.717) is 25.7 Å². The number of aliphatic hydroxyl groups excluding tert-OH is 1. The molecule has 0 aromatic carbocycles. The quantitative estimate of drug-likeness (QED) is 0.0169. The maximum atomic E-state index is 13.1. The number of aliphatic hydroxyl groups is 1. The van der Waals surface area contributed by atoms with Crippen LogP contribution in [0.5, 0.6) is 0 Å². The molecule has 108 heavy (non-hydrogen) atoms.